The van der Waals surface area contributed by atoms with Gasteiger partial charge in [0, 0.05) is 0 Å². The fraction of sp³-hybridized carbons (Fsp3) is 0.833. The summed E-state index contributed by atoms with van der Waals surface area (Å²) in [5, 5.41) is 7.95. The zero-order valence-corrected chi connectivity index (χ0v) is 14.4. The second-order valence-electron chi connectivity index (χ2n) is 5.83. The van der Waals surface area contributed by atoms with Gasteiger partial charge in [-0.1, -0.05) is 76.9 Å². The first-order chi connectivity index (χ1) is 10.2. The molecule has 1 unspecified atom stereocenters. The zero-order valence-electron chi connectivity index (χ0n) is 13.7. The van der Waals surface area contributed by atoms with E-state index in [0.717, 1.165) is 12.8 Å². The quantitative estimate of drug-likeness (QED) is 0.218. The van der Waals surface area contributed by atoms with Crippen molar-refractivity contribution in [2.24, 2.45) is 0 Å². The van der Waals surface area contributed by atoms with Crippen molar-refractivity contribution in [1.82, 2.24) is 0 Å². The van der Waals surface area contributed by atoms with Crippen LogP contribution in [0.4, 0.5) is 0 Å². The highest BCUT2D eigenvalue weighted by Crippen LogP contribution is 2.13. The first-order valence-electron chi connectivity index (χ1n) is 8.70. The van der Waals surface area contributed by atoms with Gasteiger partial charge in [-0.15, -0.1) is 11.6 Å². The highest BCUT2D eigenvalue weighted by atomic mass is 35.5. The Hall–Kier alpha value is -0.500. The number of carboxylic acid groups (broad SMARTS) is 1. The summed E-state index contributed by atoms with van der Waals surface area (Å²) >= 11 is 5.66. The summed E-state index contributed by atoms with van der Waals surface area (Å²) < 4.78 is 0. The van der Waals surface area contributed by atoms with Crippen LogP contribution in [0.2, 0.25) is 0 Å². The third-order valence-electron chi connectivity index (χ3n) is 3.74. The third kappa shape index (κ3) is 15.7. The number of allylic oxidation sites excluding steroid dienone is 2. The van der Waals surface area contributed by atoms with Gasteiger partial charge in [0.2, 0.25) is 0 Å². The first-order valence-corrected chi connectivity index (χ1v) is 9.14. The Morgan fingerprint density at radius 3 is 1.90 bits per heavy atom. The predicted molar refractivity (Wildman–Crippen MR) is 92.1 cm³/mol. The van der Waals surface area contributed by atoms with E-state index in [1.807, 2.05) is 0 Å². The maximum atomic E-state index is 10.5. The molecule has 0 aliphatic rings. The van der Waals surface area contributed by atoms with Gasteiger partial charge in [0.1, 0.15) is 5.38 Å². The van der Waals surface area contributed by atoms with Crippen LogP contribution < -0.4 is 0 Å². The highest BCUT2D eigenvalue weighted by molar-refractivity contribution is 6.29. The predicted octanol–water partition coefficient (Wildman–Crippen LogP) is 6.33. The molecule has 0 aliphatic heterocycles. The Bertz CT molecular complexity index is 264. The van der Waals surface area contributed by atoms with E-state index < -0.39 is 11.3 Å². The Morgan fingerprint density at radius 2 is 1.38 bits per heavy atom. The van der Waals surface area contributed by atoms with Crippen molar-refractivity contribution in [3.63, 3.8) is 0 Å². The van der Waals surface area contributed by atoms with Crippen molar-refractivity contribution >= 4 is 17.6 Å². The third-order valence-corrected chi connectivity index (χ3v) is 4.14. The SMILES string of the molecule is CCCC/C=C\CCCCCCCCCCC(Cl)C(=O)O. The fourth-order valence-electron chi connectivity index (χ4n) is 2.33. The summed E-state index contributed by atoms with van der Waals surface area (Å²) in [4.78, 5) is 10.5. The van der Waals surface area contributed by atoms with Gasteiger partial charge in [-0.05, 0) is 25.7 Å². The minimum absolute atomic E-state index is 0.598. The molecule has 2 nitrogen and oxygen atoms in total. The highest BCUT2D eigenvalue weighted by Gasteiger charge is 2.11. The summed E-state index contributed by atoms with van der Waals surface area (Å²) in [6.45, 7) is 2.23. The summed E-state index contributed by atoms with van der Waals surface area (Å²) in [5.41, 5.74) is 0. The molecule has 21 heavy (non-hydrogen) atoms. The zero-order chi connectivity index (χ0) is 15.8. The molecule has 0 aliphatic carbocycles. The van der Waals surface area contributed by atoms with Crippen molar-refractivity contribution in [3.8, 4) is 0 Å². The van der Waals surface area contributed by atoms with Gasteiger partial charge in [-0.2, -0.15) is 0 Å². The number of rotatable bonds is 15. The van der Waals surface area contributed by atoms with Crippen LogP contribution in [0, 0.1) is 0 Å². The number of hydrogen-bond acceptors (Lipinski definition) is 1. The van der Waals surface area contributed by atoms with Crippen LogP contribution >= 0.6 is 11.6 Å². The molecule has 0 fully saturated rings. The van der Waals surface area contributed by atoms with E-state index in [0.29, 0.717) is 6.42 Å². The van der Waals surface area contributed by atoms with Crippen molar-refractivity contribution in [2.45, 2.75) is 95.8 Å². The van der Waals surface area contributed by atoms with Gasteiger partial charge in [-0.25, -0.2) is 0 Å². The smallest absolute Gasteiger partial charge is 0.321 e. The lowest BCUT2D eigenvalue weighted by atomic mass is 10.1. The van der Waals surface area contributed by atoms with Crippen LogP contribution in [0.15, 0.2) is 12.2 Å². The second-order valence-corrected chi connectivity index (χ2v) is 6.35. The van der Waals surface area contributed by atoms with E-state index in [9.17, 15) is 4.79 Å². The van der Waals surface area contributed by atoms with Crippen molar-refractivity contribution in [2.75, 3.05) is 0 Å². The van der Waals surface area contributed by atoms with Crippen molar-refractivity contribution in [1.29, 1.82) is 0 Å². The Morgan fingerprint density at radius 1 is 0.905 bits per heavy atom. The Labute approximate surface area is 136 Å². The number of aliphatic carboxylic acids is 1. The Balaban J connectivity index is 3.12. The molecule has 0 heterocycles. The van der Waals surface area contributed by atoms with Crippen molar-refractivity contribution < 1.29 is 9.90 Å². The molecule has 0 saturated carbocycles. The molecular weight excluding hydrogens is 284 g/mol. The van der Waals surface area contributed by atoms with Crippen LogP contribution in [0.25, 0.3) is 0 Å². The lowest BCUT2D eigenvalue weighted by Crippen LogP contribution is -2.12. The number of halogens is 1. The summed E-state index contributed by atoms with van der Waals surface area (Å²) in [6.07, 6.45) is 20.1. The van der Waals surface area contributed by atoms with Crippen LogP contribution in [0.5, 0.6) is 0 Å². The largest absolute Gasteiger partial charge is 0.480 e. The molecule has 3 heteroatoms. The monoisotopic (exact) mass is 316 g/mol. The van der Waals surface area contributed by atoms with E-state index in [2.05, 4.69) is 19.1 Å². The molecule has 0 saturated heterocycles. The molecule has 0 radical (unpaired) electrons. The van der Waals surface area contributed by atoms with E-state index in [1.165, 1.54) is 64.2 Å². The molecule has 1 N–H and O–H groups in total. The lowest BCUT2D eigenvalue weighted by molar-refractivity contribution is -0.136. The van der Waals surface area contributed by atoms with Gasteiger partial charge in [-0.3, -0.25) is 4.79 Å². The standard InChI is InChI=1S/C18H33ClO2/c1-2-3-4-5-6-7-8-9-10-11-12-13-14-15-16-17(19)18(20)21/h5-6,17H,2-4,7-16H2,1H3,(H,20,21)/b6-5-. The number of alkyl halides is 1. The number of carboxylic acids is 1. The summed E-state index contributed by atoms with van der Waals surface area (Å²) in [5.74, 6) is -0.889. The number of hydrogen-bond donors (Lipinski definition) is 1. The molecule has 124 valence electrons. The molecule has 0 spiro atoms. The second kappa shape index (κ2) is 15.9. The number of carbonyl (C=O) groups is 1. The van der Waals surface area contributed by atoms with E-state index in [4.69, 9.17) is 16.7 Å². The molecule has 1 atom stereocenters. The first kappa shape index (κ1) is 20.5. The van der Waals surface area contributed by atoms with Gasteiger partial charge in [0.05, 0.1) is 0 Å². The average molecular weight is 317 g/mol. The minimum Gasteiger partial charge on any atom is -0.480 e. The van der Waals surface area contributed by atoms with E-state index in [-0.39, 0.29) is 0 Å². The normalized spacial score (nSPS) is 12.9. The van der Waals surface area contributed by atoms with Gasteiger partial charge in [0.15, 0.2) is 0 Å². The molecule has 0 aromatic rings. The van der Waals surface area contributed by atoms with Crippen LogP contribution in [-0.4, -0.2) is 16.5 Å². The van der Waals surface area contributed by atoms with Gasteiger partial charge in [0.25, 0.3) is 0 Å². The maximum absolute atomic E-state index is 10.5. The molecule has 0 amide bonds. The molecule has 0 aromatic carbocycles. The van der Waals surface area contributed by atoms with Gasteiger partial charge < -0.3 is 5.11 Å². The minimum atomic E-state index is -0.889. The number of unbranched alkanes of at least 4 members (excludes halogenated alkanes) is 10. The Kier molecular flexibility index (Phi) is 15.5. The summed E-state index contributed by atoms with van der Waals surface area (Å²) in [7, 11) is 0. The van der Waals surface area contributed by atoms with Crippen LogP contribution in [0.3, 0.4) is 0 Å². The topological polar surface area (TPSA) is 37.3 Å². The van der Waals surface area contributed by atoms with Crippen LogP contribution in [0.1, 0.15) is 90.4 Å². The molecular formula is C18H33ClO2. The van der Waals surface area contributed by atoms with E-state index >= 15 is 0 Å². The summed E-state index contributed by atoms with van der Waals surface area (Å²) in [6, 6.07) is 0. The fourth-order valence-corrected chi connectivity index (χ4v) is 2.48. The van der Waals surface area contributed by atoms with Gasteiger partial charge >= 0.3 is 5.97 Å². The van der Waals surface area contributed by atoms with Crippen molar-refractivity contribution in [3.05, 3.63) is 12.2 Å². The van der Waals surface area contributed by atoms with Crippen LogP contribution in [-0.2, 0) is 4.79 Å². The maximum Gasteiger partial charge on any atom is 0.321 e. The molecule has 0 rings (SSSR count). The molecule has 0 aromatic heterocycles. The van der Waals surface area contributed by atoms with E-state index in [1.54, 1.807) is 0 Å². The average Bonchev–Trinajstić information content (AvgIpc) is 2.47. The lowest BCUT2D eigenvalue weighted by Gasteiger charge is -2.04. The molecule has 0 bridgehead atoms.